The lowest BCUT2D eigenvalue weighted by Crippen LogP contribution is -2.32. The first kappa shape index (κ1) is 19.4. The van der Waals surface area contributed by atoms with Gasteiger partial charge in [0.05, 0.1) is 6.04 Å². The Kier molecular flexibility index (Phi) is 5.39. The number of carbonyl (C=O) groups is 1. The average molecular weight is 415 g/mol. The summed E-state index contributed by atoms with van der Waals surface area (Å²) in [7, 11) is 0. The number of halogens is 2. The van der Waals surface area contributed by atoms with Crippen molar-refractivity contribution in [2.45, 2.75) is 32.2 Å². The summed E-state index contributed by atoms with van der Waals surface area (Å²) in [6.45, 7) is 5.46. The summed E-state index contributed by atoms with van der Waals surface area (Å²) in [5.41, 5.74) is 4.09. The van der Waals surface area contributed by atoms with Gasteiger partial charge in [-0.2, -0.15) is 0 Å². The van der Waals surface area contributed by atoms with E-state index in [1.54, 1.807) is 6.07 Å². The molecule has 1 amide bonds. The van der Waals surface area contributed by atoms with Gasteiger partial charge >= 0.3 is 0 Å². The van der Waals surface area contributed by atoms with Crippen LogP contribution < -0.4 is 5.32 Å². The van der Waals surface area contributed by atoms with E-state index in [9.17, 15) is 4.79 Å². The summed E-state index contributed by atoms with van der Waals surface area (Å²) in [6, 6.07) is 11.8. The number of allylic oxidation sites excluding steroid dienone is 2. The van der Waals surface area contributed by atoms with Gasteiger partial charge in [0.25, 0.3) is 5.91 Å². The van der Waals surface area contributed by atoms with Crippen molar-refractivity contribution < 1.29 is 4.79 Å². The molecule has 0 spiro atoms. The van der Waals surface area contributed by atoms with Crippen molar-refractivity contribution in [3.63, 3.8) is 0 Å². The Morgan fingerprint density at radius 3 is 2.61 bits per heavy atom. The molecule has 0 radical (unpaired) electrons. The SMILES string of the molecule is CCN(CC)C(=O)c1ccc2c(c1)[C@@H]1C=CC[C@H]1[C@H](c1ccc(Cl)cc1Cl)N2. The van der Waals surface area contributed by atoms with Crippen LogP contribution in [0, 0.1) is 5.92 Å². The molecule has 2 aromatic rings. The van der Waals surface area contributed by atoms with E-state index >= 15 is 0 Å². The van der Waals surface area contributed by atoms with Crippen LogP contribution in [-0.4, -0.2) is 23.9 Å². The van der Waals surface area contributed by atoms with Crippen molar-refractivity contribution >= 4 is 34.8 Å². The van der Waals surface area contributed by atoms with E-state index in [0.717, 1.165) is 23.2 Å². The number of anilines is 1. The zero-order valence-electron chi connectivity index (χ0n) is 16.1. The molecule has 0 aromatic heterocycles. The van der Waals surface area contributed by atoms with Crippen LogP contribution >= 0.6 is 23.2 Å². The minimum absolute atomic E-state index is 0.0918. The molecule has 0 fully saturated rings. The lowest BCUT2D eigenvalue weighted by Gasteiger charge is -2.38. The van der Waals surface area contributed by atoms with Gasteiger partial charge in [0.1, 0.15) is 0 Å². The minimum Gasteiger partial charge on any atom is -0.378 e. The maximum Gasteiger partial charge on any atom is 0.253 e. The van der Waals surface area contributed by atoms with Gasteiger partial charge in [0, 0.05) is 40.3 Å². The van der Waals surface area contributed by atoms with Crippen molar-refractivity contribution in [2.75, 3.05) is 18.4 Å². The van der Waals surface area contributed by atoms with Crippen molar-refractivity contribution in [2.24, 2.45) is 5.92 Å². The van der Waals surface area contributed by atoms with Crippen LogP contribution in [0.4, 0.5) is 5.69 Å². The second-order valence-electron chi connectivity index (χ2n) is 7.42. The molecule has 4 rings (SSSR count). The smallest absolute Gasteiger partial charge is 0.253 e. The largest absolute Gasteiger partial charge is 0.378 e. The van der Waals surface area contributed by atoms with E-state index < -0.39 is 0 Å². The normalized spacial score (nSPS) is 22.4. The van der Waals surface area contributed by atoms with E-state index in [2.05, 4.69) is 23.5 Å². The zero-order chi connectivity index (χ0) is 19.8. The number of rotatable bonds is 4. The fourth-order valence-corrected chi connectivity index (χ4v) is 5.01. The fraction of sp³-hybridized carbons (Fsp3) is 0.348. The fourth-order valence-electron chi connectivity index (χ4n) is 4.48. The lowest BCUT2D eigenvalue weighted by atomic mass is 9.76. The third kappa shape index (κ3) is 3.31. The topological polar surface area (TPSA) is 32.3 Å². The number of amides is 1. The summed E-state index contributed by atoms with van der Waals surface area (Å²) >= 11 is 12.6. The Morgan fingerprint density at radius 2 is 1.89 bits per heavy atom. The van der Waals surface area contributed by atoms with Crippen LogP contribution in [0.2, 0.25) is 10.0 Å². The zero-order valence-corrected chi connectivity index (χ0v) is 17.6. The molecule has 0 unspecified atom stereocenters. The standard InChI is InChI=1S/C23H24Cl2N2O/c1-3-27(4-2)23(28)14-8-11-21-19(12-14)16-6-5-7-17(16)22(26-21)18-10-9-15(24)13-20(18)25/h5-6,8-13,16-17,22,26H,3-4,7H2,1-2H3/t16-,17-,22-/m1/s1. The maximum absolute atomic E-state index is 12.8. The predicted molar refractivity (Wildman–Crippen MR) is 117 cm³/mol. The second-order valence-corrected chi connectivity index (χ2v) is 8.26. The number of hydrogen-bond donors (Lipinski definition) is 1. The summed E-state index contributed by atoms with van der Waals surface area (Å²) in [5.74, 6) is 0.733. The molecule has 1 heterocycles. The summed E-state index contributed by atoms with van der Waals surface area (Å²) in [6.07, 6.45) is 5.49. The van der Waals surface area contributed by atoms with Gasteiger partial charge < -0.3 is 10.2 Å². The highest BCUT2D eigenvalue weighted by Crippen LogP contribution is 2.51. The van der Waals surface area contributed by atoms with Gasteiger partial charge in [0.15, 0.2) is 0 Å². The molecule has 2 aliphatic rings. The number of nitrogens with zero attached hydrogens (tertiary/aromatic N) is 1. The van der Waals surface area contributed by atoms with Crippen LogP contribution in [0.25, 0.3) is 0 Å². The number of carbonyl (C=O) groups excluding carboxylic acids is 1. The third-order valence-corrected chi connectivity index (χ3v) is 6.52. The van der Waals surface area contributed by atoms with Gasteiger partial charge in [-0.15, -0.1) is 0 Å². The molecule has 2 aromatic carbocycles. The Morgan fingerprint density at radius 1 is 1.11 bits per heavy atom. The molecule has 3 nitrogen and oxygen atoms in total. The quantitative estimate of drug-likeness (QED) is 0.594. The Bertz CT molecular complexity index is 936. The molecular formula is C23H24Cl2N2O. The molecule has 1 N–H and O–H groups in total. The average Bonchev–Trinajstić information content (AvgIpc) is 3.18. The van der Waals surface area contributed by atoms with Gasteiger partial charge in [-0.1, -0.05) is 41.4 Å². The van der Waals surface area contributed by atoms with E-state index in [-0.39, 0.29) is 17.9 Å². The highest BCUT2D eigenvalue weighted by atomic mass is 35.5. The first-order valence-electron chi connectivity index (χ1n) is 9.84. The molecule has 28 heavy (non-hydrogen) atoms. The Labute approximate surface area is 176 Å². The summed E-state index contributed by atoms with van der Waals surface area (Å²) in [4.78, 5) is 14.7. The first-order chi connectivity index (χ1) is 13.5. The molecule has 0 saturated heterocycles. The van der Waals surface area contributed by atoms with Crippen LogP contribution in [0.1, 0.15) is 53.7 Å². The highest BCUT2D eigenvalue weighted by molar-refractivity contribution is 6.35. The van der Waals surface area contributed by atoms with E-state index in [0.29, 0.717) is 29.1 Å². The first-order valence-corrected chi connectivity index (χ1v) is 10.6. The van der Waals surface area contributed by atoms with Gasteiger partial charge in [0.2, 0.25) is 0 Å². The van der Waals surface area contributed by atoms with Crippen LogP contribution in [0.3, 0.4) is 0 Å². The summed E-state index contributed by atoms with van der Waals surface area (Å²) in [5, 5.41) is 5.01. The maximum atomic E-state index is 12.8. The second kappa shape index (κ2) is 7.81. The van der Waals surface area contributed by atoms with Crippen LogP contribution in [0.5, 0.6) is 0 Å². The van der Waals surface area contributed by atoms with E-state index in [4.69, 9.17) is 23.2 Å². The lowest BCUT2D eigenvalue weighted by molar-refractivity contribution is 0.0773. The molecular weight excluding hydrogens is 391 g/mol. The summed E-state index contributed by atoms with van der Waals surface area (Å²) < 4.78 is 0. The Hall–Kier alpha value is -1.97. The molecule has 0 saturated carbocycles. The number of benzene rings is 2. The van der Waals surface area contributed by atoms with Crippen molar-refractivity contribution in [3.05, 3.63) is 75.3 Å². The van der Waals surface area contributed by atoms with Gasteiger partial charge in [-0.25, -0.2) is 0 Å². The number of fused-ring (bicyclic) bond motifs is 3. The molecule has 146 valence electrons. The van der Waals surface area contributed by atoms with E-state index in [1.807, 2.05) is 43.0 Å². The minimum atomic E-state index is 0.0918. The monoisotopic (exact) mass is 414 g/mol. The van der Waals surface area contributed by atoms with Crippen molar-refractivity contribution in [1.82, 2.24) is 4.90 Å². The molecule has 0 bridgehead atoms. The van der Waals surface area contributed by atoms with E-state index in [1.165, 1.54) is 5.56 Å². The molecule has 1 aliphatic heterocycles. The van der Waals surface area contributed by atoms with Gasteiger partial charge in [-0.3, -0.25) is 4.79 Å². The Balaban J connectivity index is 1.72. The molecule has 3 atom stereocenters. The van der Waals surface area contributed by atoms with Crippen molar-refractivity contribution in [1.29, 1.82) is 0 Å². The van der Waals surface area contributed by atoms with Crippen molar-refractivity contribution in [3.8, 4) is 0 Å². The van der Waals surface area contributed by atoms with Gasteiger partial charge in [-0.05, 0) is 67.6 Å². The third-order valence-electron chi connectivity index (χ3n) is 5.96. The number of hydrogen-bond acceptors (Lipinski definition) is 2. The predicted octanol–water partition coefficient (Wildman–Crippen LogP) is 6.30. The highest BCUT2D eigenvalue weighted by Gasteiger charge is 2.39. The molecule has 5 heteroatoms. The van der Waals surface area contributed by atoms with Crippen LogP contribution in [0.15, 0.2) is 48.6 Å². The van der Waals surface area contributed by atoms with Crippen LogP contribution in [-0.2, 0) is 0 Å². The number of nitrogens with one attached hydrogen (secondary N) is 1. The molecule has 1 aliphatic carbocycles.